The number of carbonyl (C=O) groups is 2. The number of nitrogens with two attached hydrogens (primary N) is 1. The standard InChI is InChI=1S/C20H23N5O4.CH4/c1-20(2,21)19(28)22-14(12-29-11-13-7-4-3-5-8-13)17-24-23-16-10-6-9-15(18(26)27)25(16)17;/h3-10,14H,11-12,21H2,1-2H3,(H,22,28)(H,26,27);1H4/t14-;/m1./s1. The molecule has 2 aromatic heterocycles. The number of nitrogens with zero attached hydrogens (tertiary/aromatic N) is 3. The Morgan fingerprint density at radius 2 is 1.87 bits per heavy atom. The number of benzene rings is 1. The molecule has 0 fully saturated rings. The Bertz CT molecular complexity index is 1010. The van der Waals surface area contributed by atoms with Crippen LogP contribution in [0.4, 0.5) is 0 Å². The first-order valence-corrected chi connectivity index (χ1v) is 9.06. The van der Waals surface area contributed by atoms with Crippen LogP contribution in [0, 0.1) is 0 Å². The molecule has 0 aliphatic carbocycles. The van der Waals surface area contributed by atoms with Gasteiger partial charge in [0.2, 0.25) is 5.91 Å². The maximum Gasteiger partial charge on any atom is 0.352 e. The second-order valence-electron chi connectivity index (χ2n) is 7.22. The molecule has 0 unspecified atom stereocenters. The molecule has 3 rings (SSSR count). The highest BCUT2D eigenvalue weighted by atomic mass is 16.5. The molecule has 160 valence electrons. The highest BCUT2D eigenvalue weighted by molar-refractivity contribution is 5.87. The SMILES string of the molecule is C.CC(C)(N)C(=O)N[C@H](COCc1ccccc1)c1nnc2cccc(C(=O)O)n12. The van der Waals surface area contributed by atoms with Gasteiger partial charge >= 0.3 is 5.97 Å². The Morgan fingerprint density at radius 3 is 2.50 bits per heavy atom. The van der Waals surface area contributed by atoms with Crippen LogP contribution in [0.25, 0.3) is 5.65 Å². The number of nitrogens with one attached hydrogen (secondary N) is 1. The summed E-state index contributed by atoms with van der Waals surface area (Å²) in [5.74, 6) is -1.30. The minimum Gasteiger partial charge on any atom is -0.477 e. The maximum absolute atomic E-state index is 12.5. The number of hydrogen-bond donors (Lipinski definition) is 3. The van der Waals surface area contributed by atoms with Crippen molar-refractivity contribution in [2.75, 3.05) is 6.61 Å². The molecule has 1 atom stereocenters. The fourth-order valence-electron chi connectivity index (χ4n) is 2.75. The van der Waals surface area contributed by atoms with Crippen LogP contribution in [0.3, 0.4) is 0 Å². The third kappa shape index (κ3) is 5.19. The smallest absolute Gasteiger partial charge is 0.352 e. The van der Waals surface area contributed by atoms with Gasteiger partial charge in [-0.2, -0.15) is 0 Å². The average Bonchev–Trinajstić information content (AvgIpc) is 3.11. The van der Waals surface area contributed by atoms with Crippen molar-refractivity contribution in [2.45, 2.75) is 39.5 Å². The van der Waals surface area contributed by atoms with Crippen molar-refractivity contribution in [1.82, 2.24) is 19.9 Å². The Hall–Kier alpha value is -3.30. The number of pyridine rings is 1. The summed E-state index contributed by atoms with van der Waals surface area (Å²) < 4.78 is 7.18. The molecule has 3 aromatic rings. The van der Waals surface area contributed by atoms with Crippen LogP contribution < -0.4 is 11.1 Å². The lowest BCUT2D eigenvalue weighted by molar-refractivity contribution is -0.126. The van der Waals surface area contributed by atoms with Gasteiger partial charge in [-0.25, -0.2) is 4.79 Å². The third-order valence-electron chi connectivity index (χ3n) is 4.27. The minimum absolute atomic E-state index is 0. The van der Waals surface area contributed by atoms with E-state index in [1.54, 1.807) is 26.0 Å². The third-order valence-corrected chi connectivity index (χ3v) is 4.27. The summed E-state index contributed by atoms with van der Waals surface area (Å²) in [6.07, 6.45) is 0. The first-order valence-electron chi connectivity index (χ1n) is 9.06. The van der Waals surface area contributed by atoms with Crippen LogP contribution in [0.15, 0.2) is 48.5 Å². The molecule has 0 radical (unpaired) electrons. The van der Waals surface area contributed by atoms with Gasteiger partial charge in [-0.3, -0.25) is 9.20 Å². The second-order valence-corrected chi connectivity index (χ2v) is 7.22. The number of rotatable bonds is 8. The number of aromatic carboxylic acids is 1. The molecular formula is C21H27N5O4. The number of aromatic nitrogens is 3. The van der Waals surface area contributed by atoms with E-state index in [-0.39, 0.29) is 25.6 Å². The Labute approximate surface area is 174 Å². The molecule has 0 bridgehead atoms. The molecule has 0 saturated heterocycles. The highest BCUT2D eigenvalue weighted by Gasteiger charge is 2.29. The van der Waals surface area contributed by atoms with E-state index in [0.717, 1.165) is 5.56 Å². The van der Waals surface area contributed by atoms with Crippen molar-refractivity contribution in [3.8, 4) is 0 Å². The lowest BCUT2D eigenvalue weighted by Crippen LogP contribution is -2.51. The molecule has 0 aliphatic rings. The van der Waals surface area contributed by atoms with Crippen molar-refractivity contribution in [3.05, 3.63) is 65.6 Å². The van der Waals surface area contributed by atoms with E-state index in [1.165, 1.54) is 10.5 Å². The molecular weight excluding hydrogens is 386 g/mol. The number of fused-ring (bicyclic) bond motifs is 1. The van der Waals surface area contributed by atoms with Gasteiger partial charge in [0.25, 0.3) is 0 Å². The van der Waals surface area contributed by atoms with E-state index in [9.17, 15) is 14.7 Å². The summed E-state index contributed by atoms with van der Waals surface area (Å²) in [7, 11) is 0. The van der Waals surface area contributed by atoms with E-state index in [1.807, 2.05) is 30.3 Å². The molecule has 9 nitrogen and oxygen atoms in total. The molecule has 0 saturated carbocycles. The number of hydrogen-bond acceptors (Lipinski definition) is 6. The minimum atomic E-state index is -1.13. The number of carboxylic acids is 1. The second kappa shape index (κ2) is 9.47. The van der Waals surface area contributed by atoms with Gasteiger partial charge in [0, 0.05) is 0 Å². The fraction of sp³-hybridized carbons (Fsp3) is 0.333. The number of carbonyl (C=O) groups excluding carboxylic acids is 1. The summed E-state index contributed by atoms with van der Waals surface area (Å²) in [5.41, 5.74) is 6.08. The van der Waals surface area contributed by atoms with E-state index in [0.29, 0.717) is 12.3 Å². The van der Waals surface area contributed by atoms with Crippen LogP contribution in [0.2, 0.25) is 0 Å². The normalized spacial score (nSPS) is 12.2. The van der Waals surface area contributed by atoms with E-state index in [2.05, 4.69) is 15.5 Å². The Balaban J connectivity index is 0.00000320. The van der Waals surface area contributed by atoms with Crippen LogP contribution in [-0.2, 0) is 16.1 Å². The van der Waals surface area contributed by atoms with E-state index in [4.69, 9.17) is 10.5 Å². The van der Waals surface area contributed by atoms with Gasteiger partial charge in [-0.1, -0.05) is 43.8 Å². The van der Waals surface area contributed by atoms with Gasteiger partial charge in [0.15, 0.2) is 11.5 Å². The molecule has 1 amide bonds. The predicted molar refractivity (Wildman–Crippen MR) is 112 cm³/mol. The Morgan fingerprint density at radius 1 is 1.17 bits per heavy atom. The lowest BCUT2D eigenvalue weighted by Gasteiger charge is -2.23. The molecule has 2 heterocycles. The monoisotopic (exact) mass is 413 g/mol. The molecule has 0 aliphatic heterocycles. The van der Waals surface area contributed by atoms with E-state index < -0.39 is 23.5 Å². The van der Waals surface area contributed by atoms with Crippen molar-refractivity contribution < 1.29 is 19.4 Å². The van der Waals surface area contributed by atoms with Crippen molar-refractivity contribution in [2.24, 2.45) is 5.73 Å². The van der Waals surface area contributed by atoms with Gasteiger partial charge in [0.1, 0.15) is 11.7 Å². The summed E-state index contributed by atoms with van der Waals surface area (Å²) >= 11 is 0. The zero-order valence-corrected chi connectivity index (χ0v) is 16.2. The van der Waals surface area contributed by atoms with Crippen molar-refractivity contribution >= 4 is 17.5 Å². The largest absolute Gasteiger partial charge is 0.477 e. The highest BCUT2D eigenvalue weighted by Crippen LogP contribution is 2.18. The Kier molecular flexibility index (Phi) is 7.25. The van der Waals surface area contributed by atoms with Crippen LogP contribution in [0.5, 0.6) is 0 Å². The summed E-state index contributed by atoms with van der Waals surface area (Å²) in [4.78, 5) is 24.1. The van der Waals surface area contributed by atoms with Gasteiger partial charge in [-0.15, -0.1) is 10.2 Å². The van der Waals surface area contributed by atoms with Crippen LogP contribution >= 0.6 is 0 Å². The molecule has 4 N–H and O–H groups in total. The molecule has 1 aromatic carbocycles. The van der Waals surface area contributed by atoms with Crippen LogP contribution in [-0.4, -0.2) is 43.7 Å². The lowest BCUT2D eigenvalue weighted by atomic mass is 10.1. The van der Waals surface area contributed by atoms with Crippen molar-refractivity contribution in [3.63, 3.8) is 0 Å². The summed E-state index contributed by atoms with van der Waals surface area (Å²) in [6.45, 7) is 3.54. The summed E-state index contributed by atoms with van der Waals surface area (Å²) in [5, 5.41) is 20.5. The first-order chi connectivity index (χ1) is 13.8. The van der Waals surface area contributed by atoms with Gasteiger partial charge in [-0.05, 0) is 31.5 Å². The fourth-order valence-corrected chi connectivity index (χ4v) is 2.75. The topological polar surface area (TPSA) is 132 Å². The maximum atomic E-state index is 12.5. The van der Waals surface area contributed by atoms with Crippen molar-refractivity contribution in [1.29, 1.82) is 0 Å². The molecule has 30 heavy (non-hydrogen) atoms. The van der Waals surface area contributed by atoms with Gasteiger partial charge < -0.3 is 20.9 Å². The summed E-state index contributed by atoms with van der Waals surface area (Å²) in [6, 6.07) is 13.5. The number of carboxylic acid groups (broad SMARTS) is 1. The first kappa shape index (κ1) is 23.0. The quantitative estimate of drug-likeness (QED) is 0.515. The average molecular weight is 413 g/mol. The molecule has 0 spiro atoms. The molecule has 9 heteroatoms. The number of amides is 1. The zero-order chi connectivity index (χ0) is 21.0. The zero-order valence-electron chi connectivity index (χ0n) is 16.2. The predicted octanol–water partition coefficient (Wildman–Crippen LogP) is 2.17. The van der Waals surface area contributed by atoms with E-state index >= 15 is 0 Å². The number of ether oxygens (including phenoxy) is 1. The van der Waals surface area contributed by atoms with Gasteiger partial charge in [0.05, 0.1) is 18.8 Å². The van der Waals surface area contributed by atoms with Crippen LogP contribution in [0.1, 0.15) is 49.2 Å².